The van der Waals surface area contributed by atoms with Crippen LogP contribution in [0.15, 0.2) is 42.5 Å². The molecule has 0 aliphatic carbocycles. The molecule has 0 bridgehead atoms. The second-order valence-corrected chi connectivity index (χ2v) is 5.34. The number of hydrogen-bond acceptors (Lipinski definition) is 3. The van der Waals surface area contributed by atoms with Crippen molar-refractivity contribution in [1.29, 1.82) is 0 Å². The monoisotopic (exact) mass is 288 g/mol. The lowest BCUT2D eigenvalue weighted by atomic mass is 10.0. The number of anilines is 1. The summed E-state index contributed by atoms with van der Waals surface area (Å²) in [7, 11) is 0. The van der Waals surface area contributed by atoms with Gasteiger partial charge in [0, 0.05) is 23.7 Å². The van der Waals surface area contributed by atoms with Gasteiger partial charge in [0.15, 0.2) is 0 Å². The molecule has 3 N–H and O–H groups in total. The highest BCUT2D eigenvalue weighted by Gasteiger charge is 2.16. The Bertz CT molecular complexity index is 598. The molecular weight excluding hydrogens is 272 g/mol. The van der Waals surface area contributed by atoms with E-state index in [1.807, 2.05) is 30.3 Å². The molecule has 0 spiro atoms. The number of hydrogen-bond donors (Lipinski definition) is 2. The summed E-state index contributed by atoms with van der Waals surface area (Å²) < 4.78 is 5.53. The molecule has 0 fully saturated rings. The Morgan fingerprint density at radius 3 is 2.75 bits per heavy atom. The number of fused-ring (bicyclic) bond motifs is 1. The maximum absolute atomic E-state index is 5.91. The van der Waals surface area contributed by atoms with Crippen molar-refractivity contribution in [2.45, 2.75) is 12.5 Å². The van der Waals surface area contributed by atoms with Gasteiger partial charge in [0.1, 0.15) is 5.75 Å². The number of ether oxygens (including phenoxy) is 1. The van der Waals surface area contributed by atoms with E-state index in [9.17, 15) is 0 Å². The van der Waals surface area contributed by atoms with Crippen molar-refractivity contribution in [2.75, 3.05) is 18.5 Å². The van der Waals surface area contributed by atoms with E-state index in [0.29, 0.717) is 6.54 Å². The minimum absolute atomic E-state index is 0.0853. The molecule has 3 rings (SSSR count). The van der Waals surface area contributed by atoms with Crippen LogP contribution in [-0.2, 0) is 6.42 Å². The van der Waals surface area contributed by atoms with Crippen LogP contribution in [0.2, 0.25) is 5.02 Å². The molecule has 20 heavy (non-hydrogen) atoms. The third kappa shape index (κ3) is 2.74. The van der Waals surface area contributed by atoms with Gasteiger partial charge >= 0.3 is 0 Å². The number of nitrogens with two attached hydrogens (primary N) is 1. The molecule has 4 heteroatoms. The molecule has 1 atom stereocenters. The van der Waals surface area contributed by atoms with E-state index >= 15 is 0 Å². The van der Waals surface area contributed by atoms with E-state index in [-0.39, 0.29) is 6.04 Å². The Balaban J connectivity index is 1.81. The van der Waals surface area contributed by atoms with Gasteiger partial charge in [-0.2, -0.15) is 0 Å². The van der Waals surface area contributed by atoms with Crippen LogP contribution in [0.3, 0.4) is 0 Å². The number of rotatable bonds is 4. The molecule has 0 radical (unpaired) electrons. The van der Waals surface area contributed by atoms with E-state index in [0.717, 1.165) is 29.5 Å². The summed E-state index contributed by atoms with van der Waals surface area (Å²) in [6.07, 6.45) is 0.974. The molecule has 0 saturated heterocycles. The average Bonchev–Trinajstić information content (AvgIpc) is 2.94. The fraction of sp³-hybridized carbons (Fsp3) is 0.250. The van der Waals surface area contributed by atoms with Crippen LogP contribution in [0, 0.1) is 0 Å². The summed E-state index contributed by atoms with van der Waals surface area (Å²) in [5, 5.41) is 4.17. The maximum atomic E-state index is 5.91. The Kier molecular flexibility index (Phi) is 3.81. The highest BCUT2D eigenvalue weighted by Crippen LogP contribution is 2.29. The number of halogens is 1. The van der Waals surface area contributed by atoms with E-state index in [4.69, 9.17) is 22.1 Å². The van der Waals surface area contributed by atoms with E-state index in [1.165, 1.54) is 11.1 Å². The average molecular weight is 289 g/mol. The van der Waals surface area contributed by atoms with Gasteiger partial charge in [-0.3, -0.25) is 0 Å². The van der Waals surface area contributed by atoms with Crippen molar-refractivity contribution >= 4 is 17.3 Å². The van der Waals surface area contributed by atoms with Crippen molar-refractivity contribution in [1.82, 2.24) is 0 Å². The standard InChI is InChI=1S/C16H17ClN2O/c17-13-2-4-14(5-3-13)19-15(10-18)11-1-6-16-12(9-11)7-8-20-16/h1-6,9,15,19H,7-8,10,18H2. The normalized spacial score (nSPS) is 14.5. The van der Waals surface area contributed by atoms with E-state index < -0.39 is 0 Å². The molecule has 0 aromatic heterocycles. The molecule has 0 amide bonds. The Labute approximate surface area is 123 Å². The van der Waals surface area contributed by atoms with Gasteiger partial charge < -0.3 is 15.8 Å². The molecule has 3 nitrogen and oxygen atoms in total. The second-order valence-electron chi connectivity index (χ2n) is 4.91. The molecule has 2 aromatic carbocycles. The van der Waals surface area contributed by atoms with Crippen LogP contribution in [0.1, 0.15) is 17.2 Å². The summed E-state index contributed by atoms with van der Waals surface area (Å²) >= 11 is 5.90. The fourth-order valence-electron chi connectivity index (χ4n) is 2.45. The summed E-state index contributed by atoms with van der Waals surface area (Å²) in [6, 6.07) is 14.0. The highest BCUT2D eigenvalue weighted by molar-refractivity contribution is 6.30. The first-order valence-corrected chi connectivity index (χ1v) is 7.12. The van der Waals surface area contributed by atoms with Gasteiger partial charge in [-0.05, 0) is 47.5 Å². The van der Waals surface area contributed by atoms with E-state index in [2.05, 4.69) is 17.4 Å². The quantitative estimate of drug-likeness (QED) is 0.906. The minimum atomic E-state index is 0.0853. The number of benzene rings is 2. The van der Waals surface area contributed by atoms with Crippen LogP contribution < -0.4 is 15.8 Å². The van der Waals surface area contributed by atoms with Gasteiger partial charge in [-0.1, -0.05) is 17.7 Å². The van der Waals surface area contributed by atoms with Gasteiger partial charge in [0.25, 0.3) is 0 Å². The summed E-state index contributed by atoms with van der Waals surface area (Å²) in [5.74, 6) is 0.996. The van der Waals surface area contributed by atoms with Crippen molar-refractivity contribution in [3.05, 3.63) is 58.6 Å². The van der Waals surface area contributed by atoms with Crippen LogP contribution >= 0.6 is 11.6 Å². The van der Waals surface area contributed by atoms with Crippen molar-refractivity contribution in [3.63, 3.8) is 0 Å². The predicted octanol–water partition coefficient (Wildman–Crippen LogP) is 3.39. The lowest BCUT2D eigenvalue weighted by Crippen LogP contribution is -2.20. The predicted molar refractivity (Wildman–Crippen MR) is 82.5 cm³/mol. The lowest BCUT2D eigenvalue weighted by Gasteiger charge is -2.19. The molecule has 0 saturated carbocycles. The molecule has 104 valence electrons. The number of nitrogens with one attached hydrogen (secondary N) is 1. The molecule has 1 aliphatic heterocycles. The first-order valence-electron chi connectivity index (χ1n) is 6.74. The summed E-state index contributed by atoms with van der Waals surface area (Å²) in [4.78, 5) is 0. The highest BCUT2D eigenvalue weighted by atomic mass is 35.5. The van der Waals surface area contributed by atoms with Gasteiger partial charge in [-0.25, -0.2) is 0 Å². The molecule has 1 heterocycles. The smallest absolute Gasteiger partial charge is 0.122 e. The van der Waals surface area contributed by atoms with Crippen molar-refractivity contribution in [2.24, 2.45) is 5.73 Å². The van der Waals surface area contributed by atoms with E-state index in [1.54, 1.807) is 0 Å². The summed E-state index contributed by atoms with van der Waals surface area (Å²) in [6.45, 7) is 1.30. The molecule has 1 aliphatic rings. The fourth-order valence-corrected chi connectivity index (χ4v) is 2.57. The molecule has 1 unspecified atom stereocenters. The lowest BCUT2D eigenvalue weighted by molar-refractivity contribution is 0.357. The zero-order valence-electron chi connectivity index (χ0n) is 11.1. The topological polar surface area (TPSA) is 47.3 Å². The van der Waals surface area contributed by atoms with Crippen molar-refractivity contribution < 1.29 is 4.74 Å². The van der Waals surface area contributed by atoms with Gasteiger partial charge in [0.2, 0.25) is 0 Å². The van der Waals surface area contributed by atoms with Gasteiger partial charge in [-0.15, -0.1) is 0 Å². The maximum Gasteiger partial charge on any atom is 0.122 e. The second kappa shape index (κ2) is 5.73. The zero-order chi connectivity index (χ0) is 13.9. The first kappa shape index (κ1) is 13.3. The Morgan fingerprint density at radius 2 is 2.00 bits per heavy atom. The molecular formula is C16H17ClN2O. The van der Waals surface area contributed by atoms with Crippen molar-refractivity contribution in [3.8, 4) is 5.75 Å². The minimum Gasteiger partial charge on any atom is -0.493 e. The Morgan fingerprint density at radius 1 is 1.20 bits per heavy atom. The van der Waals surface area contributed by atoms with Crippen LogP contribution in [0.5, 0.6) is 5.75 Å². The summed E-state index contributed by atoms with van der Waals surface area (Å²) in [5.41, 5.74) is 9.37. The molecule has 2 aromatic rings. The zero-order valence-corrected chi connectivity index (χ0v) is 11.9. The van der Waals surface area contributed by atoms with Crippen LogP contribution in [0.25, 0.3) is 0 Å². The first-order chi connectivity index (χ1) is 9.76. The largest absolute Gasteiger partial charge is 0.493 e. The van der Waals surface area contributed by atoms with Crippen LogP contribution in [0.4, 0.5) is 5.69 Å². The SMILES string of the molecule is NCC(Nc1ccc(Cl)cc1)c1ccc2c(c1)CCO2. The van der Waals surface area contributed by atoms with Gasteiger partial charge in [0.05, 0.1) is 12.6 Å². The Hall–Kier alpha value is -1.71. The van der Waals surface area contributed by atoms with Crippen LogP contribution in [-0.4, -0.2) is 13.2 Å². The third-order valence-corrected chi connectivity index (χ3v) is 3.79. The third-order valence-electron chi connectivity index (χ3n) is 3.54.